The van der Waals surface area contributed by atoms with Crippen LogP contribution in [0.3, 0.4) is 0 Å². The van der Waals surface area contributed by atoms with Gasteiger partial charge in [-0.25, -0.2) is 0 Å². The molecule has 1 fully saturated rings. The summed E-state index contributed by atoms with van der Waals surface area (Å²) in [5, 5.41) is 10.0. The van der Waals surface area contributed by atoms with Crippen molar-refractivity contribution in [3.8, 4) is 11.9 Å². The maximum Gasteiger partial charge on any atom is 0.258 e. The molecule has 24 heavy (non-hydrogen) atoms. The summed E-state index contributed by atoms with van der Waals surface area (Å²) in [5.74, 6) is 1.06. The molecule has 1 aliphatic carbocycles. The first-order chi connectivity index (χ1) is 11.6. The van der Waals surface area contributed by atoms with E-state index >= 15 is 0 Å². The molecular formula is C17H16N4O2S. The van der Waals surface area contributed by atoms with Gasteiger partial charge in [0, 0.05) is 18.4 Å². The van der Waals surface area contributed by atoms with Crippen LogP contribution in [0.2, 0.25) is 0 Å². The van der Waals surface area contributed by atoms with Crippen molar-refractivity contribution in [3.05, 3.63) is 45.0 Å². The summed E-state index contributed by atoms with van der Waals surface area (Å²) in [6.07, 6.45) is 4.09. The lowest BCUT2D eigenvalue weighted by atomic mass is 9.97. The van der Waals surface area contributed by atoms with Crippen LogP contribution in [0.1, 0.15) is 35.2 Å². The van der Waals surface area contributed by atoms with E-state index in [1.807, 2.05) is 13.0 Å². The molecule has 3 heterocycles. The third-order valence-electron chi connectivity index (χ3n) is 4.61. The number of rotatable bonds is 4. The Morgan fingerprint density at radius 3 is 3.08 bits per heavy atom. The van der Waals surface area contributed by atoms with Crippen LogP contribution in [0.15, 0.2) is 22.2 Å². The Labute approximate surface area is 143 Å². The molecule has 2 aliphatic rings. The maximum atomic E-state index is 12.0. The molecule has 122 valence electrons. The van der Waals surface area contributed by atoms with E-state index in [1.165, 1.54) is 11.8 Å². The molecule has 1 N–H and O–H groups in total. The van der Waals surface area contributed by atoms with Crippen molar-refractivity contribution >= 4 is 11.8 Å². The van der Waals surface area contributed by atoms with E-state index in [0.29, 0.717) is 35.4 Å². The van der Waals surface area contributed by atoms with Crippen LogP contribution in [-0.2, 0) is 17.6 Å². The number of nitrogens with zero attached hydrogens (tertiary/aromatic N) is 3. The molecule has 0 bridgehead atoms. The quantitative estimate of drug-likeness (QED) is 0.678. The van der Waals surface area contributed by atoms with Crippen molar-refractivity contribution in [1.82, 2.24) is 15.0 Å². The highest BCUT2D eigenvalue weighted by Crippen LogP contribution is 2.48. The molecule has 1 saturated carbocycles. The van der Waals surface area contributed by atoms with Gasteiger partial charge in [-0.1, -0.05) is 11.8 Å². The Bertz CT molecular complexity index is 912. The first kappa shape index (κ1) is 15.2. The molecule has 0 saturated heterocycles. The van der Waals surface area contributed by atoms with Crippen molar-refractivity contribution < 1.29 is 4.74 Å². The SMILES string of the molecule is Cc1ccnc(C2(C#N)CC2)c1CSc1nc2c(c(=O)[nH]1)CCO2. The minimum atomic E-state index is -0.427. The summed E-state index contributed by atoms with van der Waals surface area (Å²) in [4.78, 5) is 23.7. The van der Waals surface area contributed by atoms with Crippen molar-refractivity contribution in [3.63, 3.8) is 0 Å². The van der Waals surface area contributed by atoms with Crippen molar-refractivity contribution in [1.29, 1.82) is 5.26 Å². The second-order valence-corrected chi connectivity index (χ2v) is 7.15. The summed E-state index contributed by atoms with van der Waals surface area (Å²) < 4.78 is 5.40. The lowest BCUT2D eigenvalue weighted by Crippen LogP contribution is -2.13. The summed E-state index contributed by atoms with van der Waals surface area (Å²) in [6.45, 7) is 2.53. The van der Waals surface area contributed by atoms with Gasteiger partial charge in [0.1, 0.15) is 0 Å². The Kier molecular flexibility index (Phi) is 3.57. The van der Waals surface area contributed by atoms with Crippen LogP contribution in [-0.4, -0.2) is 21.6 Å². The lowest BCUT2D eigenvalue weighted by molar-refractivity contribution is 0.342. The largest absolute Gasteiger partial charge is 0.477 e. The van der Waals surface area contributed by atoms with Crippen molar-refractivity contribution in [2.45, 2.75) is 42.5 Å². The van der Waals surface area contributed by atoms with Gasteiger partial charge in [-0.05, 0) is 37.0 Å². The van der Waals surface area contributed by atoms with E-state index in [4.69, 9.17) is 4.74 Å². The second-order valence-electron chi connectivity index (χ2n) is 6.19. The zero-order chi connectivity index (χ0) is 16.7. The van der Waals surface area contributed by atoms with Crippen LogP contribution in [0.4, 0.5) is 0 Å². The Morgan fingerprint density at radius 1 is 1.50 bits per heavy atom. The van der Waals surface area contributed by atoms with E-state index in [-0.39, 0.29) is 5.56 Å². The summed E-state index contributed by atoms with van der Waals surface area (Å²) in [6, 6.07) is 4.37. The molecule has 4 rings (SSSR count). The normalized spacial score (nSPS) is 17.0. The average molecular weight is 340 g/mol. The molecule has 2 aromatic heterocycles. The van der Waals surface area contributed by atoms with Crippen LogP contribution < -0.4 is 10.3 Å². The number of pyridine rings is 1. The first-order valence-electron chi connectivity index (χ1n) is 7.88. The van der Waals surface area contributed by atoms with E-state index in [2.05, 4.69) is 21.0 Å². The minimum Gasteiger partial charge on any atom is -0.477 e. The number of hydrogen-bond donors (Lipinski definition) is 1. The highest BCUT2D eigenvalue weighted by molar-refractivity contribution is 7.98. The van der Waals surface area contributed by atoms with E-state index in [1.54, 1.807) is 6.20 Å². The Morgan fingerprint density at radius 2 is 2.33 bits per heavy atom. The van der Waals surface area contributed by atoms with Gasteiger partial charge in [0.15, 0.2) is 5.16 Å². The number of thioether (sulfide) groups is 1. The average Bonchev–Trinajstić information content (AvgIpc) is 3.23. The monoisotopic (exact) mass is 340 g/mol. The standard InChI is InChI=1S/C17H16N4O2S/c1-10-2-6-19-13(17(9-18)4-5-17)12(10)8-24-16-20-14(22)11-3-7-23-15(11)21-16/h2,6H,3-5,7-8H2,1H3,(H,20,21,22). The number of ether oxygens (including phenoxy) is 1. The zero-order valence-corrected chi connectivity index (χ0v) is 14.1. The summed E-state index contributed by atoms with van der Waals surface area (Å²) in [7, 11) is 0. The number of nitrogens with one attached hydrogen (secondary N) is 1. The fourth-order valence-corrected chi connectivity index (χ4v) is 3.92. The van der Waals surface area contributed by atoms with E-state index in [0.717, 1.165) is 29.7 Å². The fraction of sp³-hybridized carbons (Fsp3) is 0.412. The number of nitriles is 1. The second kappa shape index (κ2) is 5.64. The fourth-order valence-electron chi connectivity index (χ4n) is 2.97. The Hall–Kier alpha value is -2.33. The van der Waals surface area contributed by atoms with Crippen LogP contribution >= 0.6 is 11.8 Å². The third-order valence-corrected chi connectivity index (χ3v) is 5.51. The molecule has 0 atom stereocenters. The number of aromatic amines is 1. The van der Waals surface area contributed by atoms with E-state index < -0.39 is 5.41 Å². The van der Waals surface area contributed by atoms with Gasteiger partial charge in [0.25, 0.3) is 5.56 Å². The van der Waals surface area contributed by atoms with Gasteiger partial charge < -0.3 is 9.72 Å². The van der Waals surface area contributed by atoms with Crippen LogP contribution in [0.25, 0.3) is 0 Å². The number of fused-ring (bicyclic) bond motifs is 1. The van der Waals surface area contributed by atoms with Gasteiger partial charge in [0.2, 0.25) is 5.88 Å². The highest BCUT2D eigenvalue weighted by atomic mass is 32.2. The molecule has 6 nitrogen and oxygen atoms in total. The summed E-state index contributed by atoms with van der Waals surface area (Å²) >= 11 is 1.44. The minimum absolute atomic E-state index is 0.126. The van der Waals surface area contributed by atoms with Gasteiger partial charge in [-0.15, -0.1) is 0 Å². The molecule has 0 amide bonds. The predicted octanol–water partition coefficient (Wildman–Crippen LogP) is 2.26. The number of H-pyrrole nitrogens is 1. The van der Waals surface area contributed by atoms with Gasteiger partial charge >= 0.3 is 0 Å². The maximum absolute atomic E-state index is 12.0. The highest BCUT2D eigenvalue weighted by Gasteiger charge is 2.47. The number of aromatic nitrogens is 3. The molecular weight excluding hydrogens is 324 g/mol. The van der Waals surface area contributed by atoms with Gasteiger partial charge in [-0.3, -0.25) is 9.78 Å². The van der Waals surface area contributed by atoms with Crippen molar-refractivity contribution in [2.75, 3.05) is 6.61 Å². The molecule has 0 radical (unpaired) electrons. The lowest BCUT2D eigenvalue weighted by Gasteiger charge is -2.14. The molecule has 1 aliphatic heterocycles. The zero-order valence-electron chi connectivity index (χ0n) is 13.3. The smallest absolute Gasteiger partial charge is 0.258 e. The van der Waals surface area contributed by atoms with E-state index in [9.17, 15) is 10.1 Å². The molecule has 0 aromatic carbocycles. The third kappa shape index (κ3) is 2.47. The van der Waals surface area contributed by atoms with Crippen LogP contribution in [0, 0.1) is 18.3 Å². The Balaban J connectivity index is 1.63. The van der Waals surface area contributed by atoms with Crippen molar-refractivity contribution in [2.24, 2.45) is 0 Å². The predicted molar refractivity (Wildman–Crippen MR) is 89.1 cm³/mol. The molecule has 0 spiro atoms. The molecule has 2 aromatic rings. The summed E-state index contributed by atoms with van der Waals surface area (Å²) in [5.41, 5.74) is 3.11. The molecule has 0 unspecified atom stereocenters. The number of hydrogen-bond acceptors (Lipinski definition) is 6. The van der Waals surface area contributed by atoms with Crippen LogP contribution in [0.5, 0.6) is 5.88 Å². The topological polar surface area (TPSA) is 91.7 Å². The molecule has 7 heteroatoms. The van der Waals surface area contributed by atoms with Gasteiger partial charge in [0.05, 0.1) is 29.3 Å². The van der Waals surface area contributed by atoms with Gasteiger partial charge in [-0.2, -0.15) is 10.2 Å². The number of aryl methyl sites for hydroxylation is 1. The first-order valence-corrected chi connectivity index (χ1v) is 8.86.